The highest BCUT2D eigenvalue weighted by Crippen LogP contribution is 2.19. The Morgan fingerprint density at radius 2 is 1.75 bits per heavy atom. The summed E-state index contributed by atoms with van der Waals surface area (Å²) in [5.74, 6) is -0.930. The Kier molecular flexibility index (Phi) is 5.39. The number of nitrogens with zero attached hydrogens (tertiary/aromatic N) is 3. The predicted molar refractivity (Wildman–Crippen MR) is 105 cm³/mol. The molecular weight excluding hydrogens is 363 g/mol. The molecule has 1 heterocycles. The van der Waals surface area contributed by atoms with Gasteiger partial charge in [0.05, 0.1) is 18.9 Å². The number of hydrogen-bond donors (Lipinski definition) is 1. The molecule has 0 unspecified atom stereocenters. The number of nitrogens with one attached hydrogen (secondary N) is 1. The second-order valence-corrected chi connectivity index (χ2v) is 6.18. The van der Waals surface area contributed by atoms with Crippen molar-refractivity contribution >= 4 is 17.3 Å². The first kappa shape index (κ1) is 19.1. The van der Waals surface area contributed by atoms with Crippen LogP contribution >= 0.6 is 0 Å². The molecule has 7 nitrogen and oxygen atoms in total. The van der Waals surface area contributed by atoms with Crippen LogP contribution in [0.1, 0.15) is 10.5 Å². The first-order chi connectivity index (χ1) is 13.4. The lowest BCUT2D eigenvalue weighted by atomic mass is 10.2. The van der Waals surface area contributed by atoms with E-state index in [4.69, 9.17) is 4.74 Å². The average molecular weight is 382 g/mol. The van der Waals surface area contributed by atoms with E-state index in [1.54, 1.807) is 12.1 Å². The van der Waals surface area contributed by atoms with Crippen LogP contribution in [0, 0.1) is 5.82 Å². The molecule has 0 aliphatic heterocycles. The SMILES string of the molecule is COc1cc(=O)n(-c2ccc(F)cc2)nc1C(=O)Nc1ccc(N(C)C)cc1. The third kappa shape index (κ3) is 4.01. The second-order valence-electron chi connectivity index (χ2n) is 6.18. The molecule has 0 spiro atoms. The number of aromatic nitrogens is 2. The van der Waals surface area contributed by atoms with Crippen LogP contribution in [0.4, 0.5) is 15.8 Å². The molecule has 0 aliphatic carbocycles. The highest BCUT2D eigenvalue weighted by Gasteiger charge is 2.18. The highest BCUT2D eigenvalue weighted by atomic mass is 19.1. The van der Waals surface area contributed by atoms with Gasteiger partial charge in [-0.05, 0) is 48.5 Å². The molecular formula is C20H19FN4O3. The molecule has 144 valence electrons. The Labute approximate surface area is 161 Å². The third-order valence-electron chi connectivity index (χ3n) is 4.04. The van der Waals surface area contributed by atoms with Crippen molar-refractivity contribution in [2.75, 3.05) is 31.4 Å². The number of anilines is 2. The van der Waals surface area contributed by atoms with Crippen molar-refractivity contribution in [1.29, 1.82) is 0 Å². The molecule has 2 aromatic carbocycles. The van der Waals surface area contributed by atoms with Gasteiger partial charge in [0.15, 0.2) is 11.4 Å². The zero-order valence-corrected chi connectivity index (χ0v) is 15.6. The monoisotopic (exact) mass is 382 g/mol. The van der Waals surface area contributed by atoms with Crippen molar-refractivity contribution < 1.29 is 13.9 Å². The minimum Gasteiger partial charge on any atom is -0.494 e. The van der Waals surface area contributed by atoms with E-state index in [1.807, 2.05) is 31.1 Å². The Balaban J connectivity index is 1.95. The number of methoxy groups -OCH3 is 1. The first-order valence-electron chi connectivity index (χ1n) is 8.42. The largest absolute Gasteiger partial charge is 0.494 e. The van der Waals surface area contributed by atoms with E-state index in [-0.39, 0.29) is 11.4 Å². The van der Waals surface area contributed by atoms with E-state index < -0.39 is 17.3 Å². The zero-order valence-electron chi connectivity index (χ0n) is 15.6. The van der Waals surface area contributed by atoms with Gasteiger partial charge in [0, 0.05) is 25.5 Å². The summed E-state index contributed by atoms with van der Waals surface area (Å²) >= 11 is 0. The van der Waals surface area contributed by atoms with E-state index >= 15 is 0 Å². The number of rotatable bonds is 5. The Morgan fingerprint density at radius 3 is 2.32 bits per heavy atom. The lowest BCUT2D eigenvalue weighted by molar-refractivity contribution is 0.101. The summed E-state index contributed by atoms with van der Waals surface area (Å²) in [5, 5.41) is 6.85. The standard InChI is InChI=1S/C20H19FN4O3/c1-24(2)15-10-6-14(7-11-15)22-20(27)19-17(28-3)12-18(26)25(23-19)16-8-4-13(21)5-9-16/h4-12H,1-3H3,(H,22,27). The summed E-state index contributed by atoms with van der Waals surface area (Å²) in [5.41, 5.74) is 1.31. The Morgan fingerprint density at radius 1 is 1.11 bits per heavy atom. The van der Waals surface area contributed by atoms with Crippen LogP contribution in [-0.2, 0) is 0 Å². The number of ether oxygens (including phenoxy) is 1. The summed E-state index contributed by atoms with van der Waals surface area (Å²) in [7, 11) is 5.18. The van der Waals surface area contributed by atoms with Gasteiger partial charge in [-0.2, -0.15) is 9.78 Å². The first-order valence-corrected chi connectivity index (χ1v) is 8.42. The molecule has 0 fully saturated rings. The second kappa shape index (κ2) is 7.91. The number of carbonyl (C=O) groups is 1. The van der Waals surface area contributed by atoms with Crippen molar-refractivity contribution in [1.82, 2.24) is 9.78 Å². The highest BCUT2D eigenvalue weighted by molar-refractivity contribution is 6.04. The zero-order chi connectivity index (χ0) is 20.3. The summed E-state index contributed by atoms with van der Waals surface area (Å²) in [6.45, 7) is 0. The van der Waals surface area contributed by atoms with Gasteiger partial charge in [-0.1, -0.05) is 0 Å². The quantitative estimate of drug-likeness (QED) is 0.734. The molecule has 0 saturated heterocycles. The van der Waals surface area contributed by atoms with Crippen LogP contribution in [0.5, 0.6) is 5.75 Å². The Bertz CT molecular complexity index is 1040. The van der Waals surface area contributed by atoms with Crippen LogP contribution in [0.15, 0.2) is 59.4 Å². The van der Waals surface area contributed by atoms with Crippen molar-refractivity contribution in [2.45, 2.75) is 0 Å². The lowest BCUT2D eigenvalue weighted by Gasteiger charge is -2.14. The van der Waals surface area contributed by atoms with Crippen molar-refractivity contribution in [3.63, 3.8) is 0 Å². The van der Waals surface area contributed by atoms with Gasteiger partial charge in [0.25, 0.3) is 11.5 Å². The molecule has 1 aromatic heterocycles. The molecule has 0 aliphatic rings. The molecule has 3 aromatic rings. The average Bonchev–Trinajstić information content (AvgIpc) is 2.68. The maximum atomic E-state index is 13.2. The molecule has 0 saturated carbocycles. The summed E-state index contributed by atoms with van der Waals surface area (Å²) in [6.07, 6.45) is 0. The molecule has 8 heteroatoms. The molecule has 1 N–H and O–H groups in total. The third-order valence-corrected chi connectivity index (χ3v) is 4.04. The number of halogens is 1. The lowest BCUT2D eigenvalue weighted by Crippen LogP contribution is -2.26. The van der Waals surface area contributed by atoms with E-state index in [0.29, 0.717) is 11.4 Å². The topological polar surface area (TPSA) is 76.5 Å². The van der Waals surface area contributed by atoms with Crippen LogP contribution in [-0.4, -0.2) is 36.9 Å². The van der Waals surface area contributed by atoms with Gasteiger partial charge in [-0.25, -0.2) is 4.39 Å². The Hall–Kier alpha value is -3.68. The summed E-state index contributed by atoms with van der Waals surface area (Å²) in [4.78, 5) is 27.0. The van der Waals surface area contributed by atoms with Gasteiger partial charge in [0.2, 0.25) is 0 Å². The van der Waals surface area contributed by atoms with Crippen LogP contribution in [0.2, 0.25) is 0 Å². The smallest absolute Gasteiger partial charge is 0.279 e. The van der Waals surface area contributed by atoms with Crippen molar-refractivity contribution in [3.05, 3.63) is 76.5 Å². The molecule has 0 atom stereocenters. The van der Waals surface area contributed by atoms with Crippen LogP contribution in [0.3, 0.4) is 0 Å². The molecule has 1 amide bonds. The number of amides is 1. The molecule has 0 bridgehead atoms. The van der Waals surface area contributed by atoms with E-state index in [0.717, 1.165) is 10.4 Å². The normalized spacial score (nSPS) is 10.4. The number of hydrogen-bond acceptors (Lipinski definition) is 5. The van der Waals surface area contributed by atoms with E-state index in [9.17, 15) is 14.0 Å². The number of carbonyl (C=O) groups excluding carboxylic acids is 1. The van der Waals surface area contributed by atoms with Gasteiger partial charge >= 0.3 is 0 Å². The summed E-state index contributed by atoms with van der Waals surface area (Å²) < 4.78 is 19.3. The maximum Gasteiger partial charge on any atom is 0.279 e. The van der Waals surface area contributed by atoms with Crippen molar-refractivity contribution in [2.24, 2.45) is 0 Å². The van der Waals surface area contributed by atoms with E-state index in [2.05, 4.69) is 10.4 Å². The fourth-order valence-electron chi connectivity index (χ4n) is 2.55. The molecule has 3 rings (SSSR count). The fraction of sp³-hybridized carbons (Fsp3) is 0.150. The van der Waals surface area contributed by atoms with Gasteiger partial charge < -0.3 is 15.0 Å². The molecule has 0 radical (unpaired) electrons. The van der Waals surface area contributed by atoms with Gasteiger partial charge in [-0.3, -0.25) is 9.59 Å². The fourth-order valence-corrected chi connectivity index (χ4v) is 2.55. The predicted octanol–water partition coefficient (Wildman–Crippen LogP) is 2.70. The van der Waals surface area contributed by atoms with Crippen LogP contribution < -0.4 is 20.5 Å². The number of benzene rings is 2. The maximum absolute atomic E-state index is 13.2. The van der Waals surface area contributed by atoms with Crippen molar-refractivity contribution in [3.8, 4) is 11.4 Å². The van der Waals surface area contributed by atoms with Crippen LogP contribution in [0.25, 0.3) is 5.69 Å². The van der Waals surface area contributed by atoms with Gasteiger partial charge in [-0.15, -0.1) is 0 Å². The minimum atomic E-state index is -0.537. The van der Waals surface area contributed by atoms with Gasteiger partial charge in [0.1, 0.15) is 5.82 Å². The molecule has 28 heavy (non-hydrogen) atoms. The summed E-state index contributed by atoms with van der Waals surface area (Å²) in [6, 6.07) is 13.6. The van der Waals surface area contributed by atoms with E-state index in [1.165, 1.54) is 37.4 Å². The minimum absolute atomic E-state index is 0.0470.